The van der Waals surface area contributed by atoms with E-state index in [2.05, 4.69) is 5.32 Å². The Hall–Kier alpha value is -0.610. The summed E-state index contributed by atoms with van der Waals surface area (Å²) in [6.45, 7) is 4.09. The highest BCUT2D eigenvalue weighted by Crippen LogP contribution is 2.13. The third-order valence-corrected chi connectivity index (χ3v) is 2.76. The van der Waals surface area contributed by atoms with E-state index < -0.39 is 0 Å². The highest BCUT2D eigenvalue weighted by atomic mass is 16.5. The average Bonchev–Trinajstić information content (AvgIpc) is 2.27. The first kappa shape index (κ1) is 12.5. The van der Waals surface area contributed by atoms with Crippen molar-refractivity contribution in [2.24, 2.45) is 11.7 Å². The van der Waals surface area contributed by atoms with Gasteiger partial charge in [-0.3, -0.25) is 4.79 Å². The van der Waals surface area contributed by atoms with E-state index in [0.29, 0.717) is 13.2 Å². The van der Waals surface area contributed by atoms with Gasteiger partial charge in [-0.2, -0.15) is 0 Å². The summed E-state index contributed by atoms with van der Waals surface area (Å²) < 4.78 is 5.29. The molecular weight excluding hydrogens is 192 g/mol. The minimum atomic E-state index is 0.0547. The smallest absolute Gasteiger partial charge is 0.225 e. The molecule has 2 unspecified atom stereocenters. The van der Waals surface area contributed by atoms with Gasteiger partial charge in [0.05, 0.1) is 12.5 Å². The fourth-order valence-corrected chi connectivity index (χ4v) is 1.80. The number of amides is 1. The second-order valence-electron chi connectivity index (χ2n) is 4.25. The van der Waals surface area contributed by atoms with Crippen molar-refractivity contribution in [1.82, 2.24) is 5.32 Å². The normalized spacial score (nSPS) is 23.5. The summed E-state index contributed by atoms with van der Waals surface area (Å²) in [5.41, 5.74) is 5.42. The van der Waals surface area contributed by atoms with Crippen LogP contribution in [0, 0.1) is 5.92 Å². The van der Waals surface area contributed by atoms with Gasteiger partial charge in [-0.15, -0.1) is 0 Å². The molecule has 0 saturated carbocycles. The average molecular weight is 214 g/mol. The minimum Gasteiger partial charge on any atom is -0.381 e. The van der Waals surface area contributed by atoms with Crippen LogP contribution in [0.25, 0.3) is 0 Å². The quantitative estimate of drug-likeness (QED) is 0.706. The molecule has 0 aromatic rings. The van der Waals surface area contributed by atoms with Crippen LogP contribution in [0.1, 0.15) is 32.6 Å². The van der Waals surface area contributed by atoms with E-state index in [1.165, 1.54) is 0 Å². The van der Waals surface area contributed by atoms with Crippen molar-refractivity contribution in [3.8, 4) is 0 Å². The Kier molecular flexibility index (Phi) is 5.65. The summed E-state index contributed by atoms with van der Waals surface area (Å²) in [4.78, 5) is 11.7. The topological polar surface area (TPSA) is 64.3 Å². The largest absolute Gasteiger partial charge is 0.381 e. The molecule has 1 heterocycles. The molecule has 15 heavy (non-hydrogen) atoms. The van der Waals surface area contributed by atoms with E-state index in [1.54, 1.807) is 0 Å². The van der Waals surface area contributed by atoms with Crippen molar-refractivity contribution in [1.29, 1.82) is 0 Å². The van der Waals surface area contributed by atoms with Gasteiger partial charge in [0.15, 0.2) is 0 Å². The second kappa shape index (κ2) is 6.80. The lowest BCUT2D eigenvalue weighted by molar-refractivity contribution is -0.129. The Bertz CT molecular complexity index is 191. The standard InChI is InChI=1S/C11H22N2O2/c1-9(4-2-6-12)13-11(14)10-5-3-7-15-8-10/h9-10H,2-8,12H2,1H3,(H,13,14). The van der Waals surface area contributed by atoms with Gasteiger partial charge in [-0.05, 0) is 39.2 Å². The van der Waals surface area contributed by atoms with Crippen molar-refractivity contribution >= 4 is 5.91 Å². The maximum atomic E-state index is 11.7. The van der Waals surface area contributed by atoms with E-state index in [-0.39, 0.29) is 17.9 Å². The maximum Gasteiger partial charge on any atom is 0.225 e. The Morgan fingerprint density at radius 2 is 2.47 bits per heavy atom. The number of carbonyl (C=O) groups is 1. The summed E-state index contributed by atoms with van der Waals surface area (Å²) >= 11 is 0. The van der Waals surface area contributed by atoms with Crippen LogP contribution in [0.2, 0.25) is 0 Å². The SMILES string of the molecule is CC(CCCN)NC(=O)C1CCCOC1. The van der Waals surface area contributed by atoms with Crippen molar-refractivity contribution in [3.05, 3.63) is 0 Å². The fourth-order valence-electron chi connectivity index (χ4n) is 1.80. The van der Waals surface area contributed by atoms with Gasteiger partial charge in [0, 0.05) is 12.6 Å². The van der Waals surface area contributed by atoms with Gasteiger partial charge >= 0.3 is 0 Å². The van der Waals surface area contributed by atoms with Crippen LogP contribution in [-0.4, -0.2) is 31.7 Å². The molecule has 2 atom stereocenters. The van der Waals surface area contributed by atoms with Crippen molar-refractivity contribution in [3.63, 3.8) is 0 Å². The molecule has 1 rings (SSSR count). The number of ether oxygens (including phenoxy) is 1. The van der Waals surface area contributed by atoms with Crippen LogP contribution in [-0.2, 0) is 9.53 Å². The first-order chi connectivity index (χ1) is 7.24. The van der Waals surface area contributed by atoms with Crippen LogP contribution in [0.3, 0.4) is 0 Å². The zero-order valence-electron chi connectivity index (χ0n) is 9.50. The first-order valence-corrected chi connectivity index (χ1v) is 5.82. The molecule has 0 aromatic heterocycles. The lowest BCUT2D eigenvalue weighted by Gasteiger charge is -2.23. The monoisotopic (exact) mass is 214 g/mol. The summed E-state index contributed by atoms with van der Waals surface area (Å²) in [5.74, 6) is 0.193. The van der Waals surface area contributed by atoms with Crippen LogP contribution in [0.5, 0.6) is 0 Å². The van der Waals surface area contributed by atoms with Crippen LogP contribution in [0.15, 0.2) is 0 Å². The molecule has 1 aliphatic heterocycles. The molecule has 3 N–H and O–H groups in total. The molecule has 4 heteroatoms. The number of nitrogens with one attached hydrogen (secondary N) is 1. The third kappa shape index (κ3) is 4.62. The molecule has 88 valence electrons. The number of hydrogen-bond acceptors (Lipinski definition) is 3. The molecule has 1 aliphatic rings. The van der Waals surface area contributed by atoms with E-state index >= 15 is 0 Å². The second-order valence-corrected chi connectivity index (χ2v) is 4.25. The summed E-state index contributed by atoms with van der Waals surface area (Å²) in [6.07, 6.45) is 3.86. The molecule has 4 nitrogen and oxygen atoms in total. The molecule has 0 bridgehead atoms. The Morgan fingerprint density at radius 3 is 3.07 bits per heavy atom. The van der Waals surface area contributed by atoms with E-state index in [1.807, 2.05) is 6.92 Å². The number of nitrogens with two attached hydrogens (primary N) is 1. The van der Waals surface area contributed by atoms with Gasteiger partial charge in [0.2, 0.25) is 5.91 Å². The van der Waals surface area contributed by atoms with Crippen LogP contribution >= 0.6 is 0 Å². The zero-order chi connectivity index (χ0) is 11.1. The lowest BCUT2D eigenvalue weighted by atomic mass is 10.0. The van der Waals surface area contributed by atoms with Gasteiger partial charge < -0.3 is 15.8 Å². The summed E-state index contributed by atoms with van der Waals surface area (Å²) in [6, 6.07) is 0.225. The summed E-state index contributed by atoms with van der Waals surface area (Å²) in [5, 5.41) is 3.01. The van der Waals surface area contributed by atoms with Gasteiger partial charge in [-0.25, -0.2) is 0 Å². The van der Waals surface area contributed by atoms with Crippen LogP contribution in [0.4, 0.5) is 0 Å². The number of rotatable bonds is 5. The predicted molar refractivity (Wildman–Crippen MR) is 59.4 cm³/mol. The van der Waals surface area contributed by atoms with Crippen molar-refractivity contribution in [2.45, 2.75) is 38.6 Å². The zero-order valence-corrected chi connectivity index (χ0v) is 9.50. The number of carbonyl (C=O) groups excluding carboxylic acids is 1. The predicted octanol–water partition coefficient (Wildman–Crippen LogP) is 0.657. The maximum absolute atomic E-state index is 11.7. The Morgan fingerprint density at radius 1 is 1.67 bits per heavy atom. The molecule has 1 fully saturated rings. The van der Waals surface area contributed by atoms with E-state index in [9.17, 15) is 4.79 Å². The number of hydrogen-bond donors (Lipinski definition) is 2. The molecule has 1 amide bonds. The van der Waals surface area contributed by atoms with Gasteiger partial charge in [-0.1, -0.05) is 0 Å². The first-order valence-electron chi connectivity index (χ1n) is 5.82. The highest BCUT2D eigenvalue weighted by molar-refractivity contribution is 5.79. The molecule has 1 saturated heterocycles. The van der Waals surface area contributed by atoms with Gasteiger partial charge in [0.25, 0.3) is 0 Å². The molecule has 0 aliphatic carbocycles. The minimum absolute atomic E-state index is 0.0547. The van der Waals surface area contributed by atoms with Crippen LogP contribution < -0.4 is 11.1 Å². The van der Waals surface area contributed by atoms with Crippen molar-refractivity contribution in [2.75, 3.05) is 19.8 Å². The lowest BCUT2D eigenvalue weighted by Crippen LogP contribution is -2.40. The van der Waals surface area contributed by atoms with Gasteiger partial charge in [0.1, 0.15) is 0 Å². The Labute approximate surface area is 91.5 Å². The summed E-state index contributed by atoms with van der Waals surface area (Å²) in [7, 11) is 0. The fraction of sp³-hybridized carbons (Fsp3) is 0.909. The highest BCUT2D eigenvalue weighted by Gasteiger charge is 2.22. The molecule has 0 radical (unpaired) electrons. The molecule has 0 spiro atoms. The Balaban J connectivity index is 2.21. The molecule has 0 aromatic carbocycles. The van der Waals surface area contributed by atoms with E-state index in [0.717, 1.165) is 32.3 Å². The van der Waals surface area contributed by atoms with Crippen molar-refractivity contribution < 1.29 is 9.53 Å². The molecular formula is C11H22N2O2. The van der Waals surface area contributed by atoms with E-state index in [4.69, 9.17) is 10.5 Å². The third-order valence-electron chi connectivity index (χ3n) is 2.76.